The van der Waals surface area contributed by atoms with Crippen LogP contribution in [-0.2, 0) is 6.42 Å². The molecule has 2 heterocycles. The van der Waals surface area contributed by atoms with Crippen molar-refractivity contribution >= 4 is 23.3 Å². The van der Waals surface area contributed by atoms with Crippen molar-refractivity contribution in [3.63, 3.8) is 0 Å². The monoisotopic (exact) mass is 404 g/mol. The van der Waals surface area contributed by atoms with Gasteiger partial charge in [-0.2, -0.15) is 0 Å². The summed E-state index contributed by atoms with van der Waals surface area (Å²) in [7, 11) is 1.54. The molecule has 4 rings (SSSR count). The van der Waals surface area contributed by atoms with Gasteiger partial charge in [0.15, 0.2) is 0 Å². The van der Waals surface area contributed by atoms with Crippen molar-refractivity contribution in [3.8, 4) is 17.2 Å². The molecule has 0 radical (unpaired) electrons. The van der Waals surface area contributed by atoms with Crippen LogP contribution in [0.2, 0.25) is 0 Å². The second-order valence-electron chi connectivity index (χ2n) is 6.58. The molecule has 0 fully saturated rings. The van der Waals surface area contributed by atoms with Crippen LogP contribution in [0.15, 0.2) is 60.8 Å². The lowest BCUT2D eigenvalue weighted by Gasteiger charge is -2.10. The summed E-state index contributed by atoms with van der Waals surface area (Å²) >= 11 is 0. The van der Waals surface area contributed by atoms with E-state index in [9.17, 15) is 9.59 Å². The molecule has 3 aromatic rings. The number of urea groups is 1. The number of ether oxygens (including phenoxy) is 2. The van der Waals surface area contributed by atoms with E-state index in [2.05, 4.69) is 20.9 Å². The number of amides is 3. The minimum Gasteiger partial charge on any atom is -0.493 e. The minimum absolute atomic E-state index is 0.267. The van der Waals surface area contributed by atoms with Crippen molar-refractivity contribution in [2.24, 2.45) is 0 Å². The smallest absolute Gasteiger partial charge is 0.323 e. The fourth-order valence-electron chi connectivity index (χ4n) is 3.03. The number of benzene rings is 2. The van der Waals surface area contributed by atoms with Gasteiger partial charge in [0.1, 0.15) is 22.9 Å². The Hall–Kier alpha value is -4.07. The van der Waals surface area contributed by atoms with Crippen molar-refractivity contribution in [2.75, 3.05) is 24.3 Å². The summed E-state index contributed by atoms with van der Waals surface area (Å²) in [6, 6.07) is 15.4. The third-order valence-electron chi connectivity index (χ3n) is 4.49. The van der Waals surface area contributed by atoms with Crippen LogP contribution in [0.4, 0.5) is 16.2 Å². The number of carbonyl (C=O) groups is 2. The molecule has 0 saturated carbocycles. The number of nitrogens with zero attached hydrogens (tertiary/aromatic N) is 1. The SMILES string of the molecule is CNC(=O)c1cc(Oc2ccc(NC(=O)Nc3ccc4c(c3)CCO4)cc2)ccn1. The maximum absolute atomic E-state index is 12.3. The van der Waals surface area contributed by atoms with Gasteiger partial charge in [-0.05, 0) is 54.1 Å². The van der Waals surface area contributed by atoms with Crippen LogP contribution < -0.4 is 25.4 Å². The van der Waals surface area contributed by atoms with Gasteiger partial charge >= 0.3 is 6.03 Å². The van der Waals surface area contributed by atoms with Crippen LogP contribution in [0.5, 0.6) is 17.2 Å². The summed E-state index contributed by atoms with van der Waals surface area (Å²) in [6.45, 7) is 0.673. The highest BCUT2D eigenvalue weighted by atomic mass is 16.5. The van der Waals surface area contributed by atoms with Gasteiger partial charge in [0.25, 0.3) is 5.91 Å². The number of rotatable bonds is 5. The van der Waals surface area contributed by atoms with Gasteiger partial charge in [-0.1, -0.05) is 0 Å². The highest BCUT2D eigenvalue weighted by molar-refractivity contribution is 5.99. The van der Waals surface area contributed by atoms with Gasteiger partial charge in [0.05, 0.1) is 6.61 Å². The lowest BCUT2D eigenvalue weighted by Crippen LogP contribution is -2.19. The zero-order valence-electron chi connectivity index (χ0n) is 16.3. The second-order valence-corrected chi connectivity index (χ2v) is 6.58. The second kappa shape index (κ2) is 8.52. The number of anilines is 2. The Morgan fingerprint density at radius 3 is 2.53 bits per heavy atom. The topological polar surface area (TPSA) is 102 Å². The summed E-state index contributed by atoms with van der Waals surface area (Å²) in [6.07, 6.45) is 2.35. The van der Waals surface area contributed by atoms with Crippen LogP contribution >= 0.6 is 0 Å². The number of fused-ring (bicyclic) bond motifs is 1. The van der Waals surface area contributed by atoms with E-state index in [0.29, 0.717) is 29.5 Å². The highest BCUT2D eigenvalue weighted by Gasteiger charge is 2.13. The van der Waals surface area contributed by atoms with E-state index >= 15 is 0 Å². The first-order chi connectivity index (χ1) is 14.6. The number of pyridine rings is 1. The molecule has 0 spiro atoms. The molecule has 0 aliphatic carbocycles. The largest absolute Gasteiger partial charge is 0.493 e. The molecular weight excluding hydrogens is 384 g/mol. The molecule has 1 aromatic heterocycles. The van der Waals surface area contributed by atoms with Gasteiger partial charge in [-0.3, -0.25) is 9.78 Å². The molecular formula is C22H20N4O4. The Labute approximate surface area is 173 Å². The van der Waals surface area contributed by atoms with Gasteiger partial charge in [0, 0.05) is 37.1 Å². The molecule has 2 aromatic carbocycles. The highest BCUT2D eigenvalue weighted by Crippen LogP contribution is 2.28. The maximum Gasteiger partial charge on any atom is 0.323 e. The third kappa shape index (κ3) is 4.49. The Balaban J connectivity index is 1.35. The number of aromatic nitrogens is 1. The molecule has 8 nitrogen and oxygen atoms in total. The first-order valence-corrected chi connectivity index (χ1v) is 9.40. The Morgan fingerprint density at radius 2 is 1.73 bits per heavy atom. The van der Waals surface area contributed by atoms with E-state index in [-0.39, 0.29) is 17.6 Å². The lowest BCUT2D eigenvalue weighted by atomic mass is 10.1. The number of hydrogen-bond donors (Lipinski definition) is 3. The zero-order valence-corrected chi connectivity index (χ0v) is 16.3. The van der Waals surface area contributed by atoms with Crippen LogP contribution in [0.25, 0.3) is 0 Å². The first-order valence-electron chi connectivity index (χ1n) is 9.40. The van der Waals surface area contributed by atoms with E-state index < -0.39 is 0 Å². The van der Waals surface area contributed by atoms with Gasteiger partial charge < -0.3 is 25.4 Å². The Bertz CT molecular complexity index is 1080. The molecule has 8 heteroatoms. The molecule has 0 saturated heterocycles. The molecule has 0 unspecified atom stereocenters. The molecule has 0 bridgehead atoms. The minimum atomic E-state index is -0.341. The van der Waals surface area contributed by atoms with E-state index in [0.717, 1.165) is 17.7 Å². The normalized spacial score (nSPS) is 11.8. The van der Waals surface area contributed by atoms with Crippen molar-refractivity contribution < 1.29 is 19.1 Å². The van der Waals surface area contributed by atoms with E-state index in [4.69, 9.17) is 9.47 Å². The quantitative estimate of drug-likeness (QED) is 0.600. The first kappa shape index (κ1) is 19.3. The van der Waals surface area contributed by atoms with Crippen LogP contribution in [-0.4, -0.2) is 30.6 Å². The number of nitrogens with one attached hydrogen (secondary N) is 3. The van der Waals surface area contributed by atoms with Crippen LogP contribution in [0, 0.1) is 0 Å². The number of carbonyl (C=O) groups excluding carboxylic acids is 2. The number of hydrogen-bond acceptors (Lipinski definition) is 5. The Morgan fingerprint density at radius 1 is 0.967 bits per heavy atom. The van der Waals surface area contributed by atoms with Crippen molar-refractivity contribution in [1.29, 1.82) is 0 Å². The third-order valence-corrected chi connectivity index (χ3v) is 4.49. The Kier molecular flexibility index (Phi) is 5.47. The van der Waals surface area contributed by atoms with Crippen LogP contribution in [0.3, 0.4) is 0 Å². The van der Waals surface area contributed by atoms with Crippen molar-refractivity contribution in [2.45, 2.75) is 6.42 Å². The summed E-state index contributed by atoms with van der Waals surface area (Å²) in [5.41, 5.74) is 2.68. The fourth-order valence-corrected chi connectivity index (χ4v) is 3.03. The summed E-state index contributed by atoms with van der Waals surface area (Å²) in [5, 5.41) is 8.11. The average Bonchev–Trinajstić information content (AvgIpc) is 3.22. The molecule has 1 aliphatic rings. The zero-order chi connectivity index (χ0) is 20.9. The van der Waals surface area contributed by atoms with Crippen molar-refractivity contribution in [1.82, 2.24) is 10.3 Å². The predicted molar refractivity (Wildman–Crippen MR) is 112 cm³/mol. The lowest BCUT2D eigenvalue weighted by molar-refractivity contribution is 0.0958. The van der Waals surface area contributed by atoms with Gasteiger partial charge in [-0.25, -0.2) is 4.79 Å². The molecule has 3 N–H and O–H groups in total. The molecule has 3 amide bonds. The van der Waals surface area contributed by atoms with E-state index in [1.54, 1.807) is 36.4 Å². The molecule has 30 heavy (non-hydrogen) atoms. The summed E-state index contributed by atoms with van der Waals surface area (Å²) < 4.78 is 11.2. The average molecular weight is 404 g/mol. The fraction of sp³-hybridized carbons (Fsp3) is 0.136. The molecule has 0 atom stereocenters. The van der Waals surface area contributed by atoms with E-state index in [1.165, 1.54) is 13.2 Å². The van der Waals surface area contributed by atoms with Gasteiger partial charge in [0.2, 0.25) is 0 Å². The summed E-state index contributed by atoms with van der Waals surface area (Å²) in [5.74, 6) is 1.63. The maximum atomic E-state index is 12.3. The van der Waals surface area contributed by atoms with E-state index in [1.807, 2.05) is 18.2 Å². The van der Waals surface area contributed by atoms with Crippen molar-refractivity contribution in [3.05, 3.63) is 72.1 Å². The van der Waals surface area contributed by atoms with Crippen LogP contribution in [0.1, 0.15) is 16.1 Å². The molecule has 1 aliphatic heterocycles. The van der Waals surface area contributed by atoms with Gasteiger partial charge in [-0.15, -0.1) is 0 Å². The predicted octanol–water partition coefficient (Wildman–Crippen LogP) is 3.81. The summed E-state index contributed by atoms with van der Waals surface area (Å²) in [4.78, 5) is 27.9. The molecule has 152 valence electrons. The standard InChI is InChI=1S/C22H20N4O4/c1-23-21(27)19-13-18(8-10-24-19)30-17-5-2-15(3-6-17)25-22(28)26-16-4-7-20-14(12-16)9-11-29-20/h2-8,10,12-13H,9,11H2,1H3,(H,23,27)(H2,25,26,28).